The number of piperazine rings is 1. The van der Waals surface area contributed by atoms with Gasteiger partial charge in [-0.3, -0.25) is 4.90 Å². The van der Waals surface area contributed by atoms with Gasteiger partial charge in [0.25, 0.3) is 0 Å². The van der Waals surface area contributed by atoms with Crippen LogP contribution in [0.25, 0.3) is 0 Å². The van der Waals surface area contributed by atoms with Crippen molar-refractivity contribution in [2.75, 3.05) is 13.1 Å². The summed E-state index contributed by atoms with van der Waals surface area (Å²) in [7, 11) is 0. The van der Waals surface area contributed by atoms with E-state index < -0.39 is 0 Å². The van der Waals surface area contributed by atoms with Gasteiger partial charge in [-0.1, -0.05) is 26.7 Å². The molecule has 3 nitrogen and oxygen atoms in total. The summed E-state index contributed by atoms with van der Waals surface area (Å²) < 4.78 is 0. The van der Waals surface area contributed by atoms with Crippen LogP contribution in [0.3, 0.4) is 0 Å². The van der Waals surface area contributed by atoms with Gasteiger partial charge in [0, 0.05) is 37.3 Å². The van der Waals surface area contributed by atoms with Crippen LogP contribution in [0.5, 0.6) is 0 Å². The SMILES string of the molecule is CCCC(CC)C1NC(C)CN2CC(N)C12. The smallest absolute Gasteiger partial charge is 0.0417 e. The highest BCUT2D eigenvalue weighted by atomic mass is 15.3. The predicted molar refractivity (Wildman–Crippen MR) is 68.4 cm³/mol. The average Bonchev–Trinajstić information content (AvgIpc) is 2.23. The first kappa shape index (κ1) is 12.3. The molecular weight excluding hydrogens is 198 g/mol. The van der Waals surface area contributed by atoms with Gasteiger partial charge in [0.1, 0.15) is 0 Å². The highest BCUT2D eigenvalue weighted by Gasteiger charge is 2.47. The molecule has 2 aliphatic rings. The molecule has 16 heavy (non-hydrogen) atoms. The second-order valence-corrected chi connectivity index (χ2v) is 5.66. The van der Waals surface area contributed by atoms with Crippen LogP contribution in [-0.2, 0) is 0 Å². The van der Waals surface area contributed by atoms with Crippen LogP contribution in [0.4, 0.5) is 0 Å². The zero-order chi connectivity index (χ0) is 11.7. The predicted octanol–water partition coefficient (Wildman–Crippen LogP) is 1.18. The summed E-state index contributed by atoms with van der Waals surface area (Å²) in [5.41, 5.74) is 6.18. The summed E-state index contributed by atoms with van der Waals surface area (Å²) in [4.78, 5) is 2.58. The van der Waals surface area contributed by atoms with E-state index in [1.54, 1.807) is 0 Å². The van der Waals surface area contributed by atoms with Gasteiger partial charge in [0.2, 0.25) is 0 Å². The van der Waals surface area contributed by atoms with Crippen molar-refractivity contribution in [1.29, 1.82) is 0 Å². The Labute approximate surface area is 99.8 Å². The van der Waals surface area contributed by atoms with Gasteiger partial charge in [-0.15, -0.1) is 0 Å². The first-order chi connectivity index (χ1) is 7.67. The molecule has 0 aromatic rings. The van der Waals surface area contributed by atoms with Gasteiger partial charge in [-0.2, -0.15) is 0 Å². The molecule has 0 saturated carbocycles. The number of nitrogens with two attached hydrogens (primary N) is 1. The monoisotopic (exact) mass is 225 g/mol. The molecule has 2 fully saturated rings. The molecule has 2 aliphatic heterocycles. The first-order valence-electron chi connectivity index (χ1n) is 6.93. The molecule has 0 aliphatic carbocycles. The average molecular weight is 225 g/mol. The van der Waals surface area contributed by atoms with Crippen LogP contribution < -0.4 is 11.1 Å². The van der Waals surface area contributed by atoms with Gasteiger partial charge >= 0.3 is 0 Å². The highest BCUT2D eigenvalue weighted by Crippen LogP contribution is 2.31. The van der Waals surface area contributed by atoms with Crippen molar-refractivity contribution in [3.63, 3.8) is 0 Å². The molecule has 5 atom stereocenters. The lowest BCUT2D eigenvalue weighted by Crippen LogP contribution is -2.77. The van der Waals surface area contributed by atoms with Gasteiger partial charge in [0.05, 0.1) is 0 Å². The number of rotatable bonds is 4. The Morgan fingerprint density at radius 2 is 2.12 bits per heavy atom. The van der Waals surface area contributed by atoms with Crippen LogP contribution in [0.1, 0.15) is 40.0 Å². The molecule has 3 N–H and O–H groups in total. The van der Waals surface area contributed by atoms with Crippen LogP contribution in [-0.4, -0.2) is 42.2 Å². The van der Waals surface area contributed by atoms with E-state index in [0.717, 1.165) is 12.5 Å². The second kappa shape index (κ2) is 5.03. The van der Waals surface area contributed by atoms with Crippen molar-refractivity contribution in [3.8, 4) is 0 Å². The van der Waals surface area contributed by atoms with E-state index in [9.17, 15) is 0 Å². The molecule has 0 amide bonds. The van der Waals surface area contributed by atoms with Crippen molar-refractivity contribution in [2.24, 2.45) is 11.7 Å². The minimum Gasteiger partial charge on any atom is -0.325 e. The molecule has 0 aromatic carbocycles. The standard InChI is InChI=1S/C13H27N3/c1-4-6-10(5-2)12-13-11(14)8-16(13)7-9(3)15-12/h9-13,15H,4-8,14H2,1-3H3. The fourth-order valence-corrected chi connectivity index (χ4v) is 3.58. The summed E-state index contributed by atoms with van der Waals surface area (Å²) in [6.45, 7) is 9.18. The quantitative estimate of drug-likeness (QED) is 0.755. The normalized spacial score (nSPS) is 41.2. The molecule has 94 valence electrons. The van der Waals surface area contributed by atoms with Crippen molar-refractivity contribution in [3.05, 3.63) is 0 Å². The lowest BCUT2D eigenvalue weighted by atomic mass is 9.77. The van der Waals surface area contributed by atoms with E-state index in [4.69, 9.17) is 5.73 Å². The van der Waals surface area contributed by atoms with E-state index >= 15 is 0 Å². The molecule has 2 rings (SSSR count). The molecule has 3 heteroatoms. The first-order valence-corrected chi connectivity index (χ1v) is 6.93. The summed E-state index contributed by atoms with van der Waals surface area (Å²) >= 11 is 0. The summed E-state index contributed by atoms with van der Waals surface area (Å²) in [5.74, 6) is 0.798. The fourth-order valence-electron chi connectivity index (χ4n) is 3.58. The number of hydrogen-bond acceptors (Lipinski definition) is 3. The Morgan fingerprint density at radius 3 is 2.69 bits per heavy atom. The summed E-state index contributed by atoms with van der Waals surface area (Å²) in [6, 6.07) is 2.25. The Hall–Kier alpha value is -0.120. The Balaban J connectivity index is 2.04. The van der Waals surface area contributed by atoms with Gasteiger partial charge in [0.15, 0.2) is 0 Å². The second-order valence-electron chi connectivity index (χ2n) is 5.66. The van der Waals surface area contributed by atoms with Crippen LogP contribution in [0.2, 0.25) is 0 Å². The van der Waals surface area contributed by atoms with Crippen molar-refractivity contribution < 1.29 is 0 Å². The molecular formula is C13H27N3. The minimum absolute atomic E-state index is 0.399. The molecule has 0 bridgehead atoms. The van der Waals surface area contributed by atoms with E-state index in [1.165, 1.54) is 25.8 Å². The molecule has 2 heterocycles. The maximum Gasteiger partial charge on any atom is 0.0417 e. The maximum absolute atomic E-state index is 6.18. The zero-order valence-corrected chi connectivity index (χ0v) is 10.9. The van der Waals surface area contributed by atoms with Crippen molar-refractivity contribution in [1.82, 2.24) is 10.2 Å². The van der Waals surface area contributed by atoms with Gasteiger partial charge < -0.3 is 11.1 Å². The van der Waals surface area contributed by atoms with Crippen molar-refractivity contribution >= 4 is 0 Å². The van der Waals surface area contributed by atoms with E-state index in [-0.39, 0.29) is 0 Å². The van der Waals surface area contributed by atoms with Crippen LogP contribution >= 0.6 is 0 Å². The summed E-state index contributed by atoms with van der Waals surface area (Å²) in [5, 5.41) is 3.79. The lowest BCUT2D eigenvalue weighted by Gasteiger charge is -2.57. The Bertz CT molecular complexity index is 231. The molecule has 0 aromatic heterocycles. The maximum atomic E-state index is 6.18. The van der Waals surface area contributed by atoms with E-state index in [1.807, 2.05) is 0 Å². The summed E-state index contributed by atoms with van der Waals surface area (Å²) in [6.07, 6.45) is 3.89. The van der Waals surface area contributed by atoms with Gasteiger partial charge in [-0.05, 0) is 19.3 Å². The third-order valence-corrected chi connectivity index (χ3v) is 4.35. The van der Waals surface area contributed by atoms with Crippen LogP contribution in [0, 0.1) is 5.92 Å². The van der Waals surface area contributed by atoms with E-state index in [2.05, 4.69) is 31.0 Å². The van der Waals surface area contributed by atoms with Crippen molar-refractivity contribution in [2.45, 2.75) is 64.2 Å². The molecule has 2 saturated heterocycles. The topological polar surface area (TPSA) is 41.3 Å². The fraction of sp³-hybridized carbons (Fsp3) is 1.00. The number of nitrogens with one attached hydrogen (secondary N) is 1. The lowest BCUT2D eigenvalue weighted by molar-refractivity contribution is -0.0261. The largest absolute Gasteiger partial charge is 0.325 e. The number of fused-ring (bicyclic) bond motifs is 1. The third-order valence-electron chi connectivity index (χ3n) is 4.35. The van der Waals surface area contributed by atoms with Gasteiger partial charge in [-0.25, -0.2) is 0 Å². The molecule has 5 unspecified atom stereocenters. The molecule has 0 radical (unpaired) electrons. The minimum atomic E-state index is 0.399. The number of nitrogens with zero attached hydrogens (tertiary/aromatic N) is 1. The Morgan fingerprint density at radius 1 is 1.38 bits per heavy atom. The van der Waals surface area contributed by atoms with Crippen LogP contribution in [0.15, 0.2) is 0 Å². The van der Waals surface area contributed by atoms with E-state index in [0.29, 0.717) is 24.2 Å². The number of hydrogen-bond donors (Lipinski definition) is 2. The molecule has 0 spiro atoms. The third kappa shape index (κ3) is 2.13. The zero-order valence-electron chi connectivity index (χ0n) is 10.9. The Kier molecular flexibility index (Phi) is 3.88. The highest BCUT2D eigenvalue weighted by molar-refractivity contribution is 5.07.